The van der Waals surface area contributed by atoms with Gasteiger partial charge in [-0.1, -0.05) is 36.0 Å². The first kappa shape index (κ1) is 20.0. The van der Waals surface area contributed by atoms with Crippen LogP contribution in [0, 0.1) is 17.3 Å². The van der Waals surface area contributed by atoms with E-state index in [9.17, 15) is 5.11 Å². The number of aliphatic hydroxyl groups excluding tert-OH is 1. The molecule has 0 amide bonds. The SMILES string of the molecule is O[C@@H]1CN2CCCC/C=C\CCC3=C[C@H]4CN5CCC/C=C/CCC[C@](C2)([C@@H]14)[C@H]35. The molecule has 1 N–H and O–H groups in total. The molecule has 29 heavy (non-hydrogen) atoms. The minimum Gasteiger partial charge on any atom is -0.391 e. The van der Waals surface area contributed by atoms with Crippen LogP contribution in [0.15, 0.2) is 36.0 Å². The zero-order valence-electron chi connectivity index (χ0n) is 18.1. The van der Waals surface area contributed by atoms with Crippen molar-refractivity contribution in [2.24, 2.45) is 17.3 Å². The van der Waals surface area contributed by atoms with Gasteiger partial charge in [0.2, 0.25) is 0 Å². The van der Waals surface area contributed by atoms with Gasteiger partial charge in [0.15, 0.2) is 0 Å². The summed E-state index contributed by atoms with van der Waals surface area (Å²) in [5.74, 6) is 1.02. The van der Waals surface area contributed by atoms with Crippen LogP contribution in [0.3, 0.4) is 0 Å². The molecule has 0 aromatic carbocycles. The second-order valence-corrected chi connectivity index (χ2v) is 10.4. The molecule has 2 fully saturated rings. The molecule has 1 aliphatic carbocycles. The number of nitrogens with zero attached hydrogens (tertiary/aromatic N) is 2. The lowest BCUT2D eigenvalue weighted by Gasteiger charge is -2.65. The molecule has 6 rings (SSSR count). The number of rotatable bonds is 0. The molecule has 3 nitrogen and oxygen atoms in total. The summed E-state index contributed by atoms with van der Waals surface area (Å²) in [6, 6.07) is 0.558. The Morgan fingerprint density at radius 1 is 0.862 bits per heavy atom. The van der Waals surface area contributed by atoms with Crippen molar-refractivity contribution in [3.63, 3.8) is 0 Å². The highest BCUT2D eigenvalue weighted by atomic mass is 16.3. The Hall–Kier alpha value is -0.900. The summed E-state index contributed by atoms with van der Waals surface area (Å²) in [4.78, 5) is 5.50. The normalized spacial score (nSPS) is 47.7. The number of aliphatic hydroxyl groups is 1. The Morgan fingerprint density at radius 2 is 1.66 bits per heavy atom. The lowest BCUT2D eigenvalue weighted by Crippen LogP contribution is -2.72. The van der Waals surface area contributed by atoms with Crippen LogP contribution in [0.5, 0.6) is 0 Å². The molecule has 7 atom stereocenters. The maximum Gasteiger partial charge on any atom is 0.0707 e. The highest BCUT2D eigenvalue weighted by molar-refractivity contribution is 5.31. The fourth-order valence-corrected chi connectivity index (χ4v) is 7.58. The predicted molar refractivity (Wildman–Crippen MR) is 120 cm³/mol. The van der Waals surface area contributed by atoms with Crippen LogP contribution in [-0.2, 0) is 0 Å². The van der Waals surface area contributed by atoms with Crippen molar-refractivity contribution in [3.05, 3.63) is 36.0 Å². The van der Waals surface area contributed by atoms with E-state index in [0.29, 0.717) is 17.9 Å². The van der Waals surface area contributed by atoms with Gasteiger partial charge in [-0.25, -0.2) is 0 Å². The van der Waals surface area contributed by atoms with Crippen LogP contribution in [0.1, 0.15) is 64.2 Å². The Kier molecular flexibility index (Phi) is 6.00. The van der Waals surface area contributed by atoms with Gasteiger partial charge in [-0.05, 0) is 83.2 Å². The smallest absolute Gasteiger partial charge is 0.0707 e. The molecule has 2 unspecified atom stereocenters. The van der Waals surface area contributed by atoms with Crippen LogP contribution in [0.25, 0.3) is 0 Å². The summed E-state index contributed by atoms with van der Waals surface area (Å²) in [7, 11) is 0. The Balaban J connectivity index is 1.56. The first-order valence-corrected chi connectivity index (χ1v) is 12.4. The number of hydrogen-bond acceptors (Lipinski definition) is 3. The molecule has 5 heterocycles. The van der Waals surface area contributed by atoms with Gasteiger partial charge in [-0.2, -0.15) is 0 Å². The third-order valence-corrected chi connectivity index (χ3v) is 8.49. The quantitative estimate of drug-likeness (QED) is 0.609. The average Bonchev–Trinajstić information content (AvgIpc) is 2.73. The van der Waals surface area contributed by atoms with E-state index in [-0.39, 0.29) is 11.5 Å². The number of fused-ring (bicyclic) bond motifs is 1. The topological polar surface area (TPSA) is 26.7 Å². The van der Waals surface area contributed by atoms with Crippen molar-refractivity contribution in [3.8, 4) is 0 Å². The molecule has 6 aliphatic rings. The molecule has 3 heteroatoms. The Bertz CT molecular complexity index is 668. The van der Waals surface area contributed by atoms with Gasteiger partial charge in [0.1, 0.15) is 0 Å². The number of piperidine rings is 2. The van der Waals surface area contributed by atoms with E-state index in [0.717, 1.165) is 13.1 Å². The molecule has 6 bridgehead atoms. The van der Waals surface area contributed by atoms with Crippen molar-refractivity contribution in [1.82, 2.24) is 9.80 Å². The minimum absolute atomic E-state index is 0.153. The monoisotopic (exact) mass is 396 g/mol. The van der Waals surface area contributed by atoms with Crippen molar-refractivity contribution in [2.45, 2.75) is 76.4 Å². The highest BCUT2D eigenvalue weighted by Gasteiger charge is 2.61. The van der Waals surface area contributed by atoms with E-state index in [1.807, 2.05) is 0 Å². The van der Waals surface area contributed by atoms with Gasteiger partial charge in [0, 0.05) is 37.0 Å². The molecular weight excluding hydrogens is 356 g/mol. The lowest BCUT2D eigenvalue weighted by molar-refractivity contribution is -0.160. The average molecular weight is 397 g/mol. The van der Waals surface area contributed by atoms with Crippen LogP contribution in [-0.4, -0.2) is 59.8 Å². The van der Waals surface area contributed by atoms with E-state index in [1.54, 1.807) is 5.57 Å². The van der Waals surface area contributed by atoms with Gasteiger partial charge in [0.05, 0.1) is 6.10 Å². The molecule has 0 saturated carbocycles. The van der Waals surface area contributed by atoms with Crippen molar-refractivity contribution in [2.75, 3.05) is 32.7 Å². The molecule has 5 aliphatic heterocycles. The summed E-state index contributed by atoms with van der Waals surface area (Å²) in [5, 5.41) is 11.4. The summed E-state index contributed by atoms with van der Waals surface area (Å²) < 4.78 is 0. The van der Waals surface area contributed by atoms with E-state index < -0.39 is 0 Å². The predicted octanol–water partition coefficient (Wildman–Crippen LogP) is 4.55. The van der Waals surface area contributed by atoms with E-state index in [1.165, 1.54) is 83.8 Å². The van der Waals surface area contributed by atoms with Gasteiger partial charge in [-0.15, -0.1) is 0 Å². The summed E-state index contributed by atoms with van der Waals surface area (Å²) in [6.07, 6.45) is 24.6. The molecule has 0 radical (unpaired) electrons. The fraction of sp³-hybridized carbons (Fsp3) is 0.769. The fourth-order valence-electron chi connectivity index (χ4n) is 7.58. The molecule has 1 spiro atoms. The maximum atomic E-state index is 11.4. The molecule has 0 aromatic heterocycles. The minimum atomic E-state index is -0.153. The lowest BCUT2D eigenvalue weighted by atomic mass is 9.51. The van der Waals surface area contributed by atoms with Gasteiger partial charge < -0.3 is 10.0 Å². The van der Waals surface area contributed by atoms with Crippen LogP contribution in [0.4, 0.5) is 0 Å². The highest BCUT2D eigenvalue weighted by Crippen LogP contribution is 2.57. The van der Waals surface area contributed by atoms with Crippen LogP contribution >= 0.6 is 0 Å². The van der Waals surface area contributed by atoms with Gasteiger partial charge in [-0.3, -0.25) is 4.90 Å². The van der Waals surface area contributed by atoms with Crippen molar-refractivity contribution < 1.29 is 5.11 Å². The second kappa shape index (κ2) is 8.69. The van der Waals surface area contributed by atoms with Crippen molar-refractivity contribution >= 4 is 0 Å². The Morgan fingerprint density at radius 3 is 2.55 bits per heavy atom. The van der Waals surface area contributed by atoms with Crippen LogP contribution < -0.4 is 0 Å². The van der Waals surface area contributed by atoms with Crippen LogP contribution in [0.2, 0.25) is 0 Å². The summed E-state index contributed by atoms with van der Waals surface area (Å²) >= 11 is 0. The summed E-state index contributed by atoms with van der Waals surface area (Å²) in [6.45, 7) is 5.67. The third kappa shape index (κ3) is 3.79. The third-order valence-electron chi connectivity index (χ3n) is 8.49. The van der Waals surface area contributed by atoms with E-state index >= 15 is 0 Å². The molecular formula is C26H40N2O. The second-order valence-electron chi connectivity index (χ2n) is 10.4. The first-order valence-electron chi connectivity index (χ1n) is 12.4. The first-order chi connectivity index (χ1) is 14.3. The molecule has 160 valence electrons. The standard InChI is InChI=1S/C26H40N2O/c29-23-19-27-15-11-7-3-1-5-9-13-21-17-22-18-28-16-12-8-4-2-6-10-14-26(20-27,24(22)23)25(21)28/h1-2,4-5,17,22-25,29H,3,6-16,18-20H2/b4-2+,5-1-/t22-,23+,24+,25-,26-/m0/s1. The maximum absolute atomic E-state index is 11.4. The number of hydrogen-bond donors (Lipinski definition) is 1. The summed E-state index contributed by atoms with van der Waals surface area (Å²) in [5.41, 5.74) is 1.96. The molecule has 2 saturated heterocycles. The zero-order chi connectivity index (χ0) is 19.7. The zero-order valence-corrected chi connectivity index (χ0v) is 18.1. The largest absolute Gasteiger partial charge is 0.391 e. The van der Waals surface area contributed by atoms with E-state index in [2.05, 4.69) is 40.2 Å². The van der Waals surface area contributed by atoms with E-state index in [4.69, 9.17) is 0 Å². The van der Waals surface area contributed by atoms with Crippen molar-refractivity contribution in [1.29, 1.82) is 0 Å². The van der Waals surface area contributed by atoms with Gasteiger partial charge in [0.25, 0.3) is 0 Å². The van der Waals surface area contributed by atoms with Gasteiger partial charge >= 0.3 is 0 Å². The number of allylic oxidation sites excluding steroid dienone is 4. The Labute approximate surface area is 177 Å². The molecule has 0 aromatic rings.